The van der Waals surface area contributed by atoms with Crippen LogP contribution in [0.15, 0.2) is 6.20 Å². The number of pyridine rings is 1. The fourth-order valence-electron chi connectivity index (χ4n) is 0.959. The number of rotatable bonds is 2. The molecule has 0 fully saturated rings. The van der Waals surface area contributed by atoms with Gasteiger partial charge in [0.1, 0.15) is 11.6 Å². The second-order valence-corrected chi connectivity index (χ2v) is 2.92. The number of alkyl halides is 4. The highest BCUT2D eigenvalue weighted by Crippen LogP contribution is 2.33. The molecule has 86 valence electrons. The molecule has 4 nitrogen and oxygen atoms in total. The van der Waals surface area contributed by atoms with E-state index in [0.29, 0.717) is 0 Å². The molecule has 0 aliphatic heterocycles. The number of nitrogens with zero attached hydrogens (tertiary/aromatic N) is 2. The highest BCUT2D eigenvalue weighted by atomic mass is 35.5. The minimum Gasteiger partial charge on any atom is -0.402 e. The Morgan fingerprint density at radius 3 is 2.62 bits per heavy atom. The Balaban J connectivity index is 3.28. The highest BCUT2D eigenvalue weighted by Gasteiger charge is 2.33. The number of aromatic nitrogens is 1. The van der Waals surface area contributed by atoms with E-state index in [2.05, 4.69) is 9.72 Å². The molecule has 0 saturated heterocycles. The van der Waals surface area contributed by atoms with Gasteiger partial charge in [-0.1, -0.05) is 0 Å². The van der Waals surface area contributed by atoms with Crippen molar-refractivity contribution in [1.29, 1.82) is 5.26 Å². The number of nitrogens with two attached hydrogens (primary N) is 1. The number of hydrogen-bond acceptors (Lipinski definition) is 4. The smallest absolute Gasteiger partial charge is 0.402 e. The molecule has 0 atom stereocenters. The summed E-state index contributed by atoms with van der Waals surface area (Å²) in [6, 6.07) is 1.50. The molecular formula is C8H5ClF3N3O. The van der Waals surface area contributed by atoms with Crippen LogP contribution in [0.25, 0.3) is 0 Å². The molecule has 1 aromatic rings. The van der Waals surface area contributed by atoms with Crippen LogP contribution in [0.3, 0.4) is 0 Å². The van der Waals surface area contributed by atoms with Gasteiger partial charge in [0.25, 0.3) is 0 Å². The fourth-order valence-corrected chi connectivity index (χ4v) is 1.17. The summed E-state index contributed by atoms with van der Waals surface area (Å²) >= 11 is 5.41. The Kier molecular flexibility index (Phi) is 3.44. The van der Waals surface area contributed by atoms with E-state index in [9.17, 15) is 13.2 Å². The third kappa shape index (κ3) is 2.67. The van der Waals surface area contributed by atoms with Crippen molar-refractivity contribution in [3.63, 3.8) is 0 Å². The summed E-state index contributed by atoms with van der Waals surface area (Å²) in [6.07, 6.45) is -4.00. The van der Waals surface area contributed by atoms with Crippen molar-refractivity contribution in [3.8, 4) is 11.8 Å². The van der Waals surface area contributed by atoms with Crippen molar-refractivity contribution in [2.75, 3.05) is 5.73 Å². The average Bonchev–Trinajstić information content (AvgIpc) is 2.19. The van der Waals surface area contributed by atoms with Gasteiger partial charge in [-0.3, -0.25) is 4.98 Å². The lowest BCUT2D eigenvalue weighted by atomic mass is 10.2. The van der Waals surface area contributed by atoms with Crippen LogP contribution in [0.2, 0.25) is 0 Å². The maximum absolute atomic E-state index is 12.0. The standard InChI is InChI=1S/C8H5ClF3N3O/c9-1-5-6(14)7(16-8(10,11)12)4(2-13)3-15-5/h3H,1,14H2. The SMILES string of the molecule is N#Cc1cnc(CCl)c(N)c1OC(F)(F)F. The lowest BCUT2D eigenvalue weighted by molar-refractivity contribution is -0.274. The molecule has 0 amide bonds. The fraction of sp³-hybridized carbons (Fsp3) is 0.250. The first-order valence-electron chi connectivity index (χ1n) is 3.88. The first-order valence-corrected chi connectivity index (χ1v) is 4.41. The van der Waals surface area contributed by atoms with Crippen molar-refractivity contribution >= 4 is 17.3 Å². The Bertz CT molecular complexity index is 441. The van der Waals surface area contributed by atoms with E-state index in [-0.39, 0.29) is 17.3 Å². The van der Waals surface area contributed by atoms with E-state index >= 15 is 0 Å². The Morgan fingerprint density at radius 2 is 2.19 bits per heavy atom. The molecule has 1 aromatic heterocycles. The molecular weight excluding hydrogens is 247 g/mol. The van der Waals surface area contributed by atoms with Crippen LogP contribution in [0.4, 0.5) is 18.9 Å². The second kappa shape index (κ2) is 4.45. The summed E-state index contributed by atoms with van der Waals surface area (Å²) in [5, 5.41) is 8.58. The molecule has 0 bridgehead atoms. The van der Waals surface area contributed by atoms with Crippen LogP contribution in [-0.2, 0) is 5.88 Å². The van der Waals surface area contributed by atoms with Gasteiger partial charge in [-0.25, -0.2) is 0 Å². The number of nitriles is 1. The predicted octanol–water partition coefficient (Wildman–Crippen LogP) is 2.17. The third-order valence-corrected chi connectivity index (χ3v) is 1.87. The van der Waals surface area contributed by atoms with Crippen molar-refractivity contribution in [1.82, 2.24) is 4.98 Å². The van der Waals surface area contributed by atoms with Gasteiger partial charge in [-0.15, -0.1) is 24.8 Å². The molecule has 0 unspecified atom stereocenters. The molecule has 1 rings (SSSR count). The number of ether oxygens (including phenoxy) is 1. The lowest BCUT2D eigenvalue weighted by Gasteiger charge is -2.13. The molecule has 8 heteroatoms. The van der Waals surface area contributed by atoms with E-state index < -0.39 is 17.7 Å². The summed E-state index contributed by atoms with van der Waals surface area (Å²) in [5.74, 6) is -0.938. The van der Waals surface area contributed by atoms with Gasteiger partial charge in [-0.2, -0.15) is 5.26 Å². The zero-order chi connectivity index (χ0) is 12.3. The summed E-state index contributed by atoms with van der Waals surface area (Å²) < 4.78 is 39.7. The van der Waals surface area contributed by atoms with Crippen LogP contribution in [0.5, 0.6) is 5.75 Å². The van der Waals surface area contributed by atoms with E-state index in [1.54, 1.807) is 0 Å². The predicted molar refractivity (Wildman–Crippen MR) is 49.6 cm³/mol. The molecule has 1 heterocycles. The molecule has 0 aliphatic carbocycles. The minimum atomic E-state index is -4.93. The van der Waals surface area contributed by atoms with Gasteiger partial charge in [0, 0.05) is 6.20 Å². The highest BCUT2D eigenvalue weighted by molar-refractivity contribution is 6.17. The summed E-state index contributed by atoms with van der Waals surface area (Å²) in [6.45, 7) is 0. The third-order valence-electron chi connectivity index (χ3n) is 1.61. The number of halogens is 4. The van der Waals surface area contributed by atoms with E-state index in [4.69, 9.17) is 22.6 Å². The van der Waals surface area contributed by atoms with Gasteiger partial charge in [0.15, 0.2) is 5.75 Å². The molecule has 2 N–H and O–H groups in total. The van der Waals surface area contributed by atoms with E-state index in [1.165, 1.54) is 6.07 Å². The second-order valence-electron chi connectivity index (χ2n) is 2.65. The first-order chi connectivity index (χ1) is 7.39. The van der Waals surface area contributed by atoms with Crippen LogP contribution in [-0.4, -0.2) is 11.3 Å². The maximum atomic E-state index is 12.0. The van der Waals surface area contributed by atoms with Gasteiger partial charge in [-0.05, 0) is 0 Å². The molecule has 0 aromatic carbocycles. The van der Waals surface area contributed by atoms with Crippen molar-refractivity contribution < 1.29 is 17.9 Å². The molecule has 0 radical (unpaired) electrons. The zero-order valence-electron chi connectivity index (χ0n) is 7.68. The molecule has 0 saturated carbocycles. The molecule has 16 heavy (non-hydrogen) atoms. The minimum absolute atomic E-state index is 0.0277. The van der Waals surface area contributed by atoms with E-state index in [1.807, 2.05) is 0 Å². The van der Waals surface area contributed by atoms with Crippen LogP contribution < -0.4 is 10.5 Å². The zero-order valence-corrected chi connectivity index (χ0v) is 8.43. The number of anilines is 1. The van der Waals surface area contributed by atoms with Gasteiger partial charge >= 0.3 is 6.36 Å². The number of nitrogen functional groups attached to an aromatic ring is 1. The monoisotopic (exact) mass is 251 g/mol. The van der Waals surface area contributed by atoms with Crippen LogP contribution >= 0.6 is 11.6 Å². The van der Waals surface area contributed by atoms with Gasteiger partial charge < -0.3 is 10.5 Å². The molecule has 0 aliphatic rings. The summed E-state index contributed by atoms with van der Waals surface area (Å²) in [5.41, 5.74) is 4.60. The van der Waals surface area contributed by atoms with Crippen molar-refractivity contribution in [2.24, 2.45) is 0 Å². The van der Waals surface area contributed by atoms with Crippen molar-refractivity contribution in [3.05, 3.63) is 17.5 Å². The first kappa shape index (κ1) is 12.4. The lowest BCUT2D eigenvalue weighted by Crippen LogP contribution is -2.19. The van der Waals surface area contributed by atoms with Gasteiger partial charge in [0.05, 0.1) is 17.3 Å². The van der Waals surface area contributed by atoms with Crippen LogP contribution in [0.1, 0.15) is 11.3 Å². The summed E-state index contributed by atoms with van der Waals surface area (Å²) in [7, 11) is 0. The Labute approximate surface area is 93.4 Å². The summed E-state index contributed by atoms with van der Waals surface area (Å²) in [4.78, 5) is 3.63. The van der Waals surface area contributed by atoms with E-state index in [0.717, 1.165) is 6.20 Å². The number of hydrogen-bond donors (Lipinski definition) is 1. The Hall–Kier alpha value is -1.68. The maximum Gasteiger partial charge on any atom is 0.573 e. The van der Waals surface area contributed by atoms with Crippen molar-refractivity contribution in [2.45, 2.75) is 12.2 Å². The Morgan fingerprint density at radius 1 is 1.56 bits per heavy atom. The van der Waals surface area contributed by atoms with Gasteiger partial charge in [0.2, 0.25) is 0 Å². The quantitative estimate of drug-likeness (QED) is 0.818. The van der Waals surface area contributed by atoms with Crippen LogP contribution in [0, 0.1) is 11.3 Å². The largest absolute Gasteiger partial charge is 0.573 e. The molecule has 0 spiro atoms. The average molecular weight is 252 g/mol. The normalized spacial score (nSPS) is 10.9. The topological polar surface area (TPSA) is 71.9 Å².